The van der Waals surface area contributed by atoms with E-state index in [9.17, 15) is 4.79 Å². The van der Waals surface area contributed by atoms with Crippen molar-refractivity contribution in [3.8, 4) is 0 Å². The van der Waals surface area contributed by atoms with Crippen LogP contribution in [0.3, 0.4) is 0 Å². The maximum atomic E-state index is 11.5. The highest BCUT2D eigenvalue weighted by atomic mass is 32.1. The van der Waals surface area contributed by atoms with Crippen molar-refractivity contribution in [3.63, 3.8) is 0 Å². The number of amides is 1. The van der Waals surface area contributed by atoms with Crippen molar-refractivity contribution in [1.29, 1.82) is 0 Å². The number of H-pyrrole nitrogens is 1. The molecule has 0 aliphatic carbocycles. The summed E-state index contributed by atoms with van der Waals surface area (Å²) in [4.78, 5) is 18.5. The van der Waals surface area contributed by atoms with Crippen molar-refractivity contribution in [1.82, 2.24) is 19.9 Å². The predicted octanol–water partition coefficient (Wildman–Crippen LogP) is 1.23. The molecule has 0 aromatic carbocycles. The van der Waals surface area contributed by atoms with Crippen LogP contribution in [0.1, 0.15) is 6.92 Å². The van der Waals surface area contributed by atoms with Gasteiger partial charge in [0.1, 0.15) is 6.54 Å². The molecule has 5 nitrogen and oxygen atoms in total. The van der Waals surface area contributed by atoms with E-state index in [4.69, 9.17) is 12.2 Å². The lowest BCUT2D eigenvalue weighted by Crippen LogP contribution is -2.27. The predicted molar refractivity (Wildman–Crippen MR) is 63.6 cm³/mol. The van der Waals surface area contributed by atoms with Crippen LogP contribution in [-0.2, 0) is 11.3 Å². The smallest absolute Gasteiger partial charge is 0.240 e. The summed E-state index contributed by atoms with van der Waals surface area (Å²) in [6, 6.07) is 1.83. The van der Waals surface area contributed by atoms with E-state index < -0.39 is 0 Å². The summed E-state index contributed by atoms with van der Waals surface area (Å²) in [6.45, 7) is 2.74. The van der Waals surface area contributed by atoms with E-state index in [2.05, 4.69) is 15.3 Å². The molecule has 0 aliphatic heterocycles. The summed E-state index contributed by atoms with van der Waals surface area (Å²) in [6.07, 6.45) is 3.37. The Hall–Kier alpha value is -1.69. The van der Waals surface area contributed by atoms with Crippen molar-refractivity contribution in [2.45, 2.75) is 13.5 Å². The second-order valence-electron chi connectivity index (χ2n) is 3.36. The van der Waals surface area contributed by atoms with Crippen LogP contribution in [0, 0.1) is 4.77 Å². The highest BCUT2D eigenvalue weighted by molar-refractivity contribution is 7.71. The van der Waals surface area contributed by atoms with E-state index >= 15 is 0 Å². The lowest BCUT2D eigenvalue weighted by molar-refractivity contribution is -0.121. The second-order valence-corrected chi connectivity index (χ2v) is 3.75. The molecule has 1 amide bonds. The average molecular weight is 236 g/mol. The Bertz CT molecular complexity index is 571. The van der Waals surface area contributed by atoms with Crippen molar-refractivity contribution < 1.29 is 4.79 Å². The molecule has 2 N–H and O–H groups in total. The van der Waals surface area contributed by atoms with Crippen LogP contribution in [0.15, 0.2) is 18.5 Å². The maximum Gasteiger partial charge on any atom is 0.240 e. The van der Waals surface area contributed by atoms with Crippen molar-refractivity contribution >= 4 is 29.2 Å². The third kappa shape index (κ3) is 1.96. The summed E-state index contributed by atoms with van der Waals surface area (Å²) in [5.41, 5.74) is 1.74. The van der Waals surface area contributed by atoms with Crippen molar-refractivity contribution in [2.24, 2.45) is 0 Å². The first-order chi connectivity index (χ1) is 7.72. The van der Waals surface area contributed by atoms with Crippen LogP contribution in [0.2, 0.25) is 0 Å². The Balaban J connectivity index is 2.40. The molecular weight excluding hydrogens is 224 g/mol. The van der Waals surface area contributed by atoms with Crippen LogP contribution in [0.4, 0.5) is 0 Å². The largest absolute Gasteiger partial charge is 0.355 e. The number of pyridine rings is 1. The molecule has 0 atom stereocenters. The summed E-state index contributed by atoms with van der Waals surface area (Å²) < 4.78 is 2.30. The number of aromatic amines is 1. The minimum atomic E-state index is -0.0451. The molecule has 0 radical (unpaired) electrons. The van der Waals surface area contributed by atoms with Gasteiger partial charge in [0.2, 0.25) is 5.91 Å². The van der Waals surface area contributed by atoms with Gasteiger partial charge in [0.05, 0.1) is 17.2 Å². The van der Waals surface area contributed by atoms with Crippen LogP contribution in [0.5, 0.6) is 0 Å². The molecule has 2 aromatic heterocycles. The topological polar surface area (TPSA) is 62.7 Å². The van der Waals surface area contributed by atoms with Crippen LogP contribution < -0.4 is 5.32 Å². The SMILES string of the molecule is CCNC(=O)Cn1c(=S)[nH]c2cnccc21. The number of fused-ring (bicyclic) bond motifs is 1. The van der Waals surface area contributed by atoms with Gasteiger partial charge in [-0.15, -0.1) is 0 Å². The fourth-order valence-corrected chi connectivity index (χ4v) is 1.84. The maximum absolute atomic E-state index is 11.5. The van der Waals surface area contributed by atoms with Gasteiger partial charge in [0.25, 0.3) is 0 Å². The van der Waals surface area contributed by atoms with Gasteiger partial charge in [0, 0.05) is 12.7 Å². The van der Waals surface area contributed by atoms with Crippen molar-refractivity contribution in [3.05, 3.63) is 23.2 Å². The zero-order valence-corrected chi connectivity index (χ0v) is 9.67. The lowest BCUT2D eigenvalue weighted by Gasteiger charge is -2.04. The zero-order chi connectivity index (χ0) is 11.5. The first-order valence-electron chi connectivity index (χ1n) is 5.01. The lowest BCUT2D eigenvalue weighted by atomic mass is 10.4. The molecule has 2 aromatic rings. The number of imidazole rings is 1. The molecule has 0 aliphatic rings. The van der Waals surface area contributed by atoms with Gasteiger partial charge in [-0.2, -0.15) is 0 Å². The van der Waals surface area contributed by atoms with Gasteiger partial charge >= 0.3 is 0 Å². The molecule has 0 unspecified atom stereocenters. The normalized spacial score (nSPS) is 10.6. The summed E-state index contributed by atoms with van der Waals surface area (Å²) in [7, 11) is 0. The molecule has 0 saturated heterocycles. The third-order valence-electron chi connectivity index (χ3n) is 2.25. The van der Waals surface area contributed by atoms with E-state index in [1.807, 2.05) is 13.0 Å². The number of nitrogens with one attached hydrogen (secondary N) is 2. The number of likely N-dealkylation sites (N-methyl/N-ethyl adjacent to an activating group) is 1. The Kier molecular flexibility index (Phi) is 3.00. The van der Waals surface area contributed by atoms with Crippen LogP contribution in [-0.4, -0.2) is 27.0 Å². The van der Waals surface area contributed by atoms with Crippen LogP contribution >= 0.6 is 12.2 Å². The molecule has 84 valence electrons. The van der Waals surface area contributed by atoms with Gasteiger partial charge in [-0.25, -0.2) is 0 Å². The number of carbonyl (C=O) groups excluding carboxylic acids is 1. The van der Waals surface area contributed by atoms with E-state index in [1.54, 1.807) is 17.0 Å². The van der Waals surface area contributed by atoms with E-state index in [1.165, 1.54) is 0 Å². The van der Waals surface area contributed by atoms with Gasteiger partial charge < -0.3 is 14.9 Å². The molecular formula is C10H12N4OS. The highest BCUT2D eigenvalue weighted by Gasteiger charge is 2.07. The molecule has 0 fully saturated rings. The monoisotopic (exact) mass is 236 g/mol. The fourth-order valence-electron chi connectivity index (χ4n) is 1.56. The summed E-state index contributed by atoms with van der Waals surface area (Å²) in [5.74, 6) is -0.0451. The van der Waals surface area contributed by atoms with Gasteiger partial charge in [-0.05, 0) is 25.2 Å². The number of hydrogen-bond donors (Lipinski definition) is 2. The minimum Gasteiger partial charge on any atom is -0.355 e. The molecule has 0 spiro atoms. The summed E-state index contributed by atoms with van der Waals surface area (Å²) >= 11 is 5.16. The first kappa shape index (κ1) is 10.8. The number of hydrogen-bond acceptors (Lipinski definition) is 3. The molecule has 2 rings (SSSR count). The Morgan fingerprint density at radius 3 is 3.25 bits per heavy atom. The van der Waals surface area contributed by atoms with Crippen LogP contribution in [0.25, 0.3) is 11.0 Å². The van der Waals surface area contributed by atoms with Gasteiger partial charge in [-0.3, -0.25) is 9.78 Å². The number of aromatic nitrogens is 3. The van der Waals surface area contributed by atoms with Crippen molar-refractivity contribution in [2.75, 3.05) is 6.54 Å². The first-order valence-corrected chi connectivity index (χ1v) is 5.42. The molecule has 2 heterocycles. The van der Waals surface area contributed by atoms with E-state index in [-0.39, 0.29) is 12.5 Å². The van der Waals surface area contributed by atoms with Gasteiger partial charge in [0.15, 0.2) is 4.77 Å². The average Bonchev–Trinajstić information content (AvgIpc) is 2.56. The van der Waals surface area contributed by atoms with E-state index in [0.29, 0.717) is 11.3 Å². The zero-order valence-electron chi connectivity index (χ0n) is 8.86. The quantitative estimate of drug-likeness (QED) is 0.788. The molecule has 0 saturated carbocycles. The Morgan fingerprint density at radius 1 is 1.69 bits per heavy atom. The molecule has 6 heteroatoms. The summed E-state index contributed by atoms with van der Waals surface area (Å²) in [5, 5.41) is 2.74. The number of carbonyl (C=O) groups is 1. The minimum absolute atomic E-state index is 0.0451. The molecule has 16 heavy (non-hydrogen) atoms. The second kappa shape index (κ2) is 4.44. The molecule has 0 bridgehead atoms. The highest BCUT2D eigenvalue weighted by Crippen LogP contribution is 2.11. The fraction of sp³-hybridized carbons (Fsp3) is 0.300. The standard InChI is InChI=1S/C10H12N4OS/c1-2-12-9(15)6-14-8-3-4-11-5-7(8)13-10(14)16/h3-5H,2,6H2,1H3,(H,12,15)(H,13,16). The Labute approximate surface area is 97.5 Å². The van der Waals surface area contributed by atoms with E-state index in [0.717, 1.165) is 11.0 Å². The van der Waals surface area contributed by atoms with Gasteiger partial charge in [-0.1, -0.05) is 0 Å². The Morgan fingerprint density at radius 2 is 2.50 bits per heavy atom. The number of nitrogens with zero attached hydrogens (tertiary/aromatic N) is 2. The number of rotatable bonds is 3. The third-order valence-corrected chi connectivity index (χ3v) is 2.57.